The van der Waals surface area contributed by atoms with E-state index in [0.717, 1.165) is 18.4 Å². The van der Waals surface area contributed by atoms with Crippen LogP contribution in [-0.2, 0) is 9.59 Å². The average molecular weight is 316 g/mol. The van der Waals surface area contributed by atoms with Crippen molar-refractivity contribution in [3.8, 4) is 0 Å². The first-order chi connectivity index (χ1) is 11.0. The van der Waals surface area contributed by atoms with Crippen LogP contribution >= 0.6 is 0 Å². The molecule has 1 rings (SSSR count). The van der Waals surface area contributed by atoms with E-state index in [0.29, 0.717) is 13.1 Å². The third-order valence-electron chi connectivity index (χ3n) is 3.21. The van der Waals surface area contributed by atoms with E-state index in [9.17, 15) is 14.7 Å². The number of carbonyl (C=O) groups excluding carboxylic acids is 2. The number of amides is 2. The number of hydrogen-bond acceptors (Lipinski definition) is 3. The third kappa shape index (κ3) is 7.97. The van der Waals surface area contributed by atoms with Gasteiger partial charge in [0, 0.05) is 24.7 Å². The molecule has 0 aliphatic heterocycles. The minimum atomic E-state index is -0.842. The van der Waals surface area contributed by atoms with E-state index >= 15 is 0 Å². The second-order valence-electron chi connectivity index (χ2n) is 5.20. The first-order valence-corrected chi connectivity index (χ1v) is 7.66. The predicted molar refractivity (Wildman–Crippen MR) is 91.6 cm³/mol. The Morgan fingerprint density at radius 3 is 2.39 bits per heavy atom. The molecular formula is C18H24N2O3. The van der Waals surface area contributed by atoms with Gasteiger partial charge in [-0.1, -0.05) is 36.9 Å². The minimum absolute atomic E-state index is 0.139. The number of aliphatic hydroxyl groups is 1. The maximum atomic E-state index is 11.6. The van der Waals surface area contributed by atoms with Crippen LogP contribution in [0, 0.1) is 0 Å². The lowest BCUT2D eigenvalue weighted by molar-refractivity contribution is -0.118. The molecule has 0 saturated carbocycles. The van der Waals surface area contributed by atoms with Gasteiger partial charge < -0.3 is 15.7 Å². The molecule has 0 heterocycles. The van der Waals surface area contributed by atoms with Crippen molar-refractivity contribution < 1.29 is 14.7 Å². The molecule has 0 saturated heterocycles. The van der Waals surface area contributed by atoms with Crippen LogP contribution in [0.1, 0.15) is 25.3 Å². The summed E-state index contributed by atoms with van der Waals surface area (Å²) in [6, 6.07) is 9.60. The van der Waals surface area contributed by atoms with Crippen LogP contribution in [0.3, 0.4) is 0 Å². The fourth-order valence-corrected chi connectivity index (χ4v) is 1.76. The summed E-state index contributed by atoms with van der Waals surface area (Å²) in [4.78, 5) is 23.1. The van der Waals surface area contributed by atoms with Crippen LogP contribution in [0.15, 0.2) is 48.6 Å². The predicted octanol–water partition coefficient (Wildman–Crippen LogP) is 1.65. The Morgan fingerprint density at radius 1 is 1.17 bits per heavy atom. The van der Waals surface area contributed by atoms with E-state index in [-0.39, 0.29) is 17.4 Å². The van der Waals surface area contributed by atoms with Gasteiger partial charge in [0.05, 0.1) is 6.10 Å². The SMILES string of the molecule is C=C(C(=O)NCCCCNC(=O)/C=C/c1ccccc1)C(C)O. The van der Waals surface area contributed by atoms with E-state index in [4.69, 9.17) is 0 Å². The number of hydrogen-bond donors (Lipinski definition) is 3. The number of rotatable bonds is 9. The molecule has 0 aromatic heterocycles. The van der Waals surface area contributed by atoms with Crippen LogP contribution in [0.4, 0.5) is 0 Å². The molecule has 0 radical (unpaired) electrons. The van der Waals surface area contributed by atoms with E-state index < -0.39 is 6.10 Å². The number of aliphatic hydroxyl groups excluding tert-OH is 1. The van der Waals surface area contributed by atoms with Gasteiger partial charge in [0.1, 0.15) is 0 Å². The lowest BCUT2D eigenvalue weighted by Crippen LogP contribution is -2.30. The van der Waals surface area contributed by atoms with Gasteiger partial charge in [-0.15, -0.1) is 0 Å². The quantitative estimate of drug-likeness (QED) is 0.479. The average Bonchev–Trinajstić information content (AvgIpc) is 2.56. The van der Waals surface area contributed by atoms with Gasteiger partial charge in [-0.25, -0.2) is 0 Å². The first kappa shape index (κ1) is 18.6. The topological polar surface area (TPSA) is 78.4 Å². The summed E-state index contributed by atoms with van der Waals surface area (Å²) in [5.41, 5.74) is 1.13. The molecule has 0 spiro atoms. The molecule has 0 aliphatic carbocycles. The van der Waals surface area contributed by atoms with Crippen molar-refractivity contribution in [2.45, 2.75) is 25.9 Å². The van der Waals surface area contributed by atoms with Crippen molar-refractivity contribution in [3.05, 3.63) is 54.1 Å². The zero-order valence-electron chi connectivity index (χ0n) is 13.4. The monoisotopic (exact) mass is 316 g/mol. The van der Waals surface area contributed by atoms with Gasteiger partial charge in [-0.05, 0) is 31.4 Å². The molecule has 5 nitrogen and oxygen atoms in total. The Morgan fingerprint density at radius 2 is 1.78 bits per heavy atom. The Balaban J connectivity index is 2.11. The molecule has 1 unspecified atom stereocenters. The third-order valence-corrected chi connectivity index (χ3v) is 3.21. The number of nitrogens with one attached hydrogen (secondary N) is 2. The second kappa shape index (κ2) is 10.3. The number of carbonyl (C=O) groups is 2. The molecule has 2 amide bonds. The molecule has 1 atom stereocenters. The lowest BCUT2D eigenvalue weighted by atomic mass is 10.2. The molecule has 0 bridgehead atoms. The molecule has 1 aromatic rings. The highest BCUT2D eigenvalue weighted by Crippen LogP contribution is 2.00. The van der Waals surface area contributed by atoms with Crippen molar-refractivity contribution >= 4 is 17.9 Å². The summed E-state index contributed by atoms with van der Waals surface area (Å²) in [5.74, 6) is -0.477. The van der Waals surface area contributed by atoms with Crippen LogP contribution in [0.2, 0.25) is 0 Å². The van der Waals surface area contributed by atoms with Crippen LogP contribution in [0.5, 0.6) is 0 Å². The molecule has 5 heteroatoms. The highest BCUT2D eigenvalue weighted by molar-refractivity contribution is 5.93. The van der Waals surface area contributed by atoms with Gasteiger partial charge in [-0.3, -0.25) is 9.59 Å². The van der Waals surface area contributed by atoms with E-state index in [1.54, 1.807) is 6.08 Å². The normalized spacial score (nSPS) is 11.9. The van der Waals surface area contributed by atoms with E-state index in [2.05, 4.69) is 17.2 Å². The molecule has 0 aliphatic rings. The Hall–Kier alpha value is -2.40. The number of benzene rings is 1. The fraction of sp³-hybridized carbons (Fsp3) is 0.333. The molecule has 0 fully saturated rings. The molecule has 3 N–H and O–H groups in total. The number of unbranched alkanes of at least 4 members (excludes halogenated alkanes) is 1. The van der Waals surface area contributed by atoms with E-state index in [1.807, 2.05) is 30.3 Å². The van der Waals surface area contributed by atoms with E-state index in [1.165, 1.54) is 13.0 Å². The van der Waals surface area contributed by atoms with Crippen LogP contribution in [-0.4, -0.2) is 36.1 Å². The zero-order chi connectivity index (χ0) is 17.1. The fourth-order valence-electron chi connectivity index (χ4n) is 1.76. The standard InChI is InChI=1S/C18H24N2O3/c1-14(15(2)21)18(23)20-13-7-6-12-19-17(22)11-10-16-8-4-3-5-9-16/h3-5,8-11,15,21H,1,6-7,12-13H2,2H3,(H,19,22)(H,20,23)/b11-10+. The smallest absolute Gasteiger partial charge is 0.249 e. The minimum Gasteiger partial charge on any atom is -0.389 e. The molecule has 124 valence electrons. The van der Waals surface area contributed by atoms with Crippen molar-refractivity contribution in [1.82, 2.24) is 10.6 Å². The Labute approximate surface area is 137 Å². The van der Waals surface area contributed by atoms with Crippen LogP contribution in [0.25, 0.3) is 6.08 Å². The summed E-state index contributed by atoms with van der Waals surface area (Å²) in [7, 11) is 0. The highest BCUT2D eigenvalue weighted by Gasteiger charge is 2.10. The van der Waals surface area contributed by atoms with Crippen molar-refractivity contribution in [2.75, 3.05) is 13.1 Å². The van der Waals surface area contributed by atoms with Crippen molar-refractivity contribution in [1.29, 1.82) is 0 Å². The first-order valence-electron chi connectivity index (χ1n) is 7.66. The van der Waals surface area contributed by atoms with Gasteiger partial charge in [0.25, 0.3) is 0 Å². The van der Waals surface area contributed by atoms with Gasteiger partial charge >= 0.3 is 0 Å². The summed E-state index contributed by atoms with van der Waals surface area (Å²) < 4.78 is 0. The summed E-state index contributed by atoms with van der Waals surface area (Å²) >= 11 is 0. The summed E-state index contributed by atoms with van der Waals surface area (Å²) in [5, 5.41) is 14.7. The van der Waals surface area contributed by atoms with Crippen LogP contribution < -0.4 is 10.6 Å². The lowest BCUT2D eigenvalue weighted by Gasteiger charge is -2.09. The highest BCUT2D eigenvalue weighted by atomic mass is 16.3. The molecule has 23 heavy (non-hydrogen) atoms. The van der Waals surface area contributed by atoms with Crippen molar-refractivity contribution in [2.24, 2.45) is 0 Å². The Kier molecular flexibility index (Phi) is 8.39. The largest absolute Gasteiger partial charge is 0.389 e. The Bertz CT molecular complexity index is 551. The molecule has 1 aromatic carbocycles. The summed E-state index contributed by atoms with van der Waals surface area (Å²) in [6.45, 7) is 6.04. The van der Waals surface area contributed by atoms with Gasteiger partial charge in [0.2, 0.25) is 11.8 Å². The maximum Gasteiger partial charge on any atom is 0.249 e. The molecular weight excluding hydrogens is 292 g/mol. The van der Waals surface area contributed by atoms with Crippen molar-refractivity contribution in [3.63, 3.8) is 0 Å². The summed E-state index contributed by atoms with van der Waals surface area (Å²) in [6.07, 6.45) is 3.92. The zero-order valence-corrected chi connectivity index (χ0v) is 13.4. The maximum absolute atomic E-state index is 11.6. The second-order valence-corrected chi connectivity index (χ2v) is 5.20. The van der Waals surface area contributed by atoms with Gasteiger partial charge in [-0.2, -0.15) is 0 Å². The van der Waals surface area contributed by atoms with Gasteiger partial charge in [0.15, 0.2) is 0 Å².